The average Bonchev–Trinajstić information content (AvgIpc) is 3.07. The van der Waals surface area contributed by atoms with Gasteiger partial charge >= 0.3 is 0 Å². The molecule has 0 aliphatic heterocycles. The summed E-state index contributed by atoms with van der Waals surface area (Å²) in [5.41, 5.74) is 0.339. The zero-order valence-corrected chi connectivity index (χ0v) is 10.0. The molecule has 1 saturated carbocycles. The summed E-state index contributed by atoms with van der Waals surface area (Å²) in [6, 6.07) is 3.61. The SMILES string of the molecule is CC(CCl)(Cc1cc(F)ccc1F)C1CC1. The minimum Gasteiger partial charge on any atom is -0.207 e. The van der Waals surface area contributed by atoms with Gasteiger partial charge in [0, 0.05) is 5.88 Å². The summed E-state index contributed by atoms with van der Waals surface area (Å²) in [7, 11) is 0. The highest BCUT2D eigenvalue weighted by Gasteiger charge is 2.41. The Morgan fingerprint density at radius 2 is 2.06 bits per heavy atom. The van der Waals surface area contributed by atoms with Gasteiger partial charge in [0.15, 0.2) is 0 Å². The lowest BCUT2D eigenvalue weighted by Gasteiger charge is -2.27. The fraction of sp³-hybridized carbons (Fsp3) is 0.538. The van der Waals surface area contributed by atoms with Crippen LogP contribution >= 0.6 is 11.6 Å². The monoisotopic (exact) mass is 244 g/mol. The first-order valence-electron chi connectivity index (χ1n) is 5.55. The molecule has 0 nitrogen and oxygen atoms in total. The maximum atomic E-state index is 13.5. The van der Waals surface area contributed by atoms with Gasteiger partial charge in [-0.3, -0.25) is 0 Å². The first-order valence-corrected chi connectivity index (χ1v) is 6.08. The van der Waals surface area contributed by atoms with Crippen molar-refractivity contribution in [1.82, 2.24) is 0 Å². The minimum absolute atomic E-state index is 0.101. The summed E-state index contributed by atoms with van der Waals surface area (Å²) >= 11 is 5.97. The third-order valence-electron chi connectivity index (χ3n) is 3.47. The molecule has 0 N–H and O–H groups in total. The second-order valence-electron chi connectivity index (χ2n) is 4.97. The lowest BCUT2D eigenvalue weighted by atomic mass is 9.80. The summed E-state index contributed by atoms with van der Waals surface area (Å²) in [6.07, 6.45) is 2.82. The van der Waals surface area contributed by atoms with E-state index in [1.165, 1.54) is 12.1 Å². The molecule has 16 heavy (non-hydrogen) atoms. The molecule has 1 atom stereocenters. The van der Waals surface area contributed by atoms with Crippen molar-refractivity contribution in [3.63, 3.8) is 0 Å². The summed E-state index contributed by atoms with van der Waals surface area (Å²) in [6.45, 7) is 2.06. The quantitative estimate of drug-likeness (QED) is 0.698. The third-order valence-corrected chi connectivity index (χ3v) is 4.08. The van der Waals surface area contributed by atoms with Crippen LogP contribution in [0.25, 0.3) is 0 Å². The first kappa shape index (κ1) is 11.8. The maximum Gasteiger partial charge on any atom is 0.126 e. The molecule has 0 bridgehead atoms. The predicted octanol–water partition coefficient (Wildman–Crippen LogP) is 4.16. The lowest BCUT2D eigenvalue weighted by molar-refractivity contribution is 0.308. The van der Waals surface area contributed by atoms with E-state index in [0.717, 1.165) is 18.9 Å². The Morgan fingerprint density at radius 3 is 2.62 bits per heavy atom. The van der Waals surface area contributed by atoms with Gasteiger partial charge in [-0.05, 0) is 54.4 Å². The van der Waals surface area contributed by atoms with Crippen molar-refractivity contribution in [2.45, 2.75) is 26.2 Å². The Hall–Kier alpha value is -0.630. The summed E-state index contributed by atoms with van der Waals surface area (Å²) in [4.78, 5) is 0. The Bertz CT molecular complexity index is 388. The molecule has 1 unspecified atom stereocenters. The standard InChI is InChI=1S/C13H15ClF2/c1-13(8-14,10-2-3-10)7-9-6-11(15)4-5-12(9)16/h4-6,10H,2-3,7-8H2,1H3. The van der Waals surface area contributed by atoms with E-state index in [2.05, 4.69) is 6.92 Å². The van der Waals surface area contributed by atoms with E-state index in [0.29, 0.717) is 23.8 Å². The van der Waals surface area contributed by atoms with Gasteiger partial charge in [0.05, 0.1) is 0 Å². The van der Waals surface area contributed by atoms with E-state index in [9.17, 15) is 8.78 Å². The van der Waals surface area contributed by atoms with Gasteiger partial charge in [0.25, 0.3) is 0 Å². The van der Waals surface area contributed by atoms with Crippen LogP contribution in [0.3, 0.4) is 0 Å². The zero-order valence-electron chi connectivity index (χ0n) is 9.27. The number of halogens is 3. The Labute approximate surface area is 99.6 Å². The molecule has 2 rings (SSSR count). The number of hydrogen-bond donors (Lipinski definition) is 0. The predicted molar refractivity (Wildman–Crippen MR) is 61.6 cm³/mol. The van der Waals surface area contributed by atoms with Crippen LogP contribution in [-0.2, 0) is 6.42 Å². The van der Waals surface area contributed by atoms with Gasteiger partial charge in [-0.15, -0.1) is 11.6 Å². The van der Waals surface area contributed by atoms with Crippen molar-refractivity contribution in [3.05, 3.63) is 35.4 Å². The van der Waals surface area contributed by atoms with Crippen LogP contribution in [0.5, 0.6) is 0 Å². The van der Waals surface area contributed by atoms with E-state index < -0.39 is 0 Å². The van der Waals surface area contributed by atoms with Gasteiger partial charge in [-0.2, -0.15) is 0 Å². The highest BCUT2D eigenvalue weighted by Crippen LogP contribution is 2.48. The number of rotatable bonds is 4. The minimum atomic E-state index is -0.385. The highest BCUT2D eigenvalue weighted by molar-refractivity contribution is 6.18. The molecule has 0 aromatic heterocycles. The first-order chi connectivity index (χ1) is 7.55. The zero-order chi connectivity index (χ0) is 11.8. The molecule has 1 aromatic rings. The highest BCUT2D eigenvalue weighted by atomic mass is 35.5. The molecule has 88 valence electrons. The van der Waals surface area contributed by atoms with Crippen LogP contribution in [0.2, 0.25) is 0 Å². The Balaban J connectivity index is 2.21. The van der Waals surface area contributed by atoms with E-state index >= 15 is 0 Å². The second kappa shape index (κ2) is 4.33. The van der Waals surface area contributed by atoms with Gasteiger partial charge in [0.1, 0.15) is 11.6 Å². The number of hydrogen-bond acceptors (Lipinski definition) is 0. The van der Waals surface area contributed by atoms with Crippen LogP contribution < -0.4 is 0 Å². The summed E-state index contributed by atoms with van der Waals surface area (Å²) in [5, 5.41) is 0. The molecule has 1 aliphatic carbocycles. The second-order valence-corrected chi connectivity index (χ2v) is 5.24. The van der Waals surface area contributed by atoms with Crippen LogP contribution in [0, 0.1) is 23.0 Å². The van der Waals surface area contributed by atoms with Crippen molar-refractivity contribution >= 4 is 11.6 Å². The van der Waals surface area contributed by atoms with Crippen molar-refractivity contribution in [1.29, 1.82) is 0 Å². The van der Waals surface area contributed by atoms with Crippen molar-refractivity contribution in [2.75, 3.05) is 5.88 Å². The molecule has 0 amide bonds. The van der Waals surface area contributed by atoms with Crippen LogP contribution in [0.1, 0.15) is 25.3 Å². The Morgan fingerprint density at radius 1 is 1.38 bits per heavy atom. The molecule has 1 aliphatic rings. The van der Waals surface area contributed by atoms with Gasteiger partial charge in [-0.25, -0.2) is 8.78 Å². The fourth-order valence-electron chi connectivity index (χ4n) is 2.19. The average molecular weight is 245 g/mol. The smallest absolute Gasteiger partial charge is 0.126 e. The lowest BCUT2D eigenvalue weighted by Crippen LogP contribution is -2.25. The molecular formula is C13H15ClF2. The maximum absolute atomic E-state index is 13.5. The van der Waals surface area contributed by atoms with Crippen LogP contribution in [-0.4, -0.2) is 5.88 Å². The van der Waals surface area contributed by atoms with Gasteiger partial charge < -0.3 is 0 Å². The number of alkyl halides is 1. The van der Waals surface area contributed by atoms with E-state index in [-0.39, 0.29) is 17.0 Å². The normalized spacial score (nSPS) is 19.5. The fourth-order valence-corrected chi connectivity index (χ4v) is 2.51. The van der Waals surface area contributed by atoms with Crippen molar-refractivity contribution < 1.29 is 8.78 Å². The van der Waals surface area contributed by atoms with Crippen molar-refractivity contribution in [3.8, 4) is 0 Å². The van der Waals surface area contributed by atoms with E-state index in [4.69, 9.17) is 11.6 Å². The molecule has 1 aromatic carbocycles. The third kappa shape index (κ3) is 2.37. The molecular weight excluding hydrogens is 230 g/mol. The molecule has 0 saturated heterocycles. The van der Waals surface area contributed by atoms with E-state index in [1.54, 1.807) is 0 Å². The van der Waals surface area contributed by atoms with Crippen LogP contribution in [0.15, 0.2) is 18.2 Å². The summed E-state index contributed by atoms with van der Waals surface area (Å²) in [5.74, 6) is 0.336. The molecule has 3 heteroatoms. The molecule has 0 spiro atoms. The van der Waals surface area contributed by atoms with Gasteiger partial charge in [0.2, 0.25) is 0 Å². The molecule has 0 radical (unpaired) electrons. The number of benzene rings is 1. The Kier molecular flexibility index (Phi) is 3.20. The largest absolute Gasteiger partial charge is 0.207 e. The van der Waals surface area contributed by atoms with Gasteiger partial charge in [-0.1, -0.05) is 6.92 Å². The summed E-state index contributed by atoms with van der Waals surface area (Å²) < 4.78 is 26.6. The van der Waals surface area contributed by atoms with Crippen LogP contribution in [0.4, 0.5) is 8.78 Å². The molecule has 0 heterocycles. The van der Waals surface area contributed by atoms with Crippen molar-refractivity contribution in [2.24, 2.45) is 11.3 Å². The topological polar surface area (TPSA) is 0 Å². The molecule has 1 fully saturated rings. The van der Waals surface area contributed by atoms with E-state index in [1.807, 2.05) is 0 Å².